The van der Waals surface area contributed by atoms with Crippen LogP contribution in [0.5, 0.6) is 17.2 Å². The van der Waals surface area contributed by atoms with Crippen LogP contribution >= 0.6 is 0 Å². The number of H-pyrrole nitrogens is 1. The highest BCUT2D eigenvalue weighted by Crippen LogP contribution is 2.39. The Bertz CT molecular complexity index is 1380. The molecule has 1 aliphatic carbocycles. The molecule has 0 bridgehead atoms. The molecule has 0 atom stereocenters. The SMILES string of the molecule is COc1cc(Nc2c(-c3ccc(OC)c(OC4CCCC4)c3)nc3c(C#N)c[nH]n23)ccc1F. The van der Waals surface area contributed by atoms with E-state index in [1.54, 1.807) is 30.0 Å². The van der Waals surface area contributed by atoms with Crippen LogP contribution in [0.1, 0.15) is 31.2 Å². The van der Waals surface area contributed by atoms with Gasteiger partial charge in [-0.2, -0.15) is 5.26 Å². The number of nitriles is 1. The number of nitrogens with zero attached hydrogens (tertiary/aromatic N) is 3. The minimum atomic E-state index is -0.456. The largest absolute Gasteiger partial charge is 0.494 e. The Morgan fingerprint density at radius 3 is 2.62 bits per heavy atom. The molecule has 1 saturated carbocycles. The molecular weight excluding hydrogens is 437 g/mol. The van der Waals surface area contributed by atoms with Gasteiger partial charge in [-0.3, -0.25) is 5.10 Å². The van der Waals surface area contributed by atoms with Crippen LogP contribution in [0, 0.1) is 17.1 Å². The lowest BCUT2D eigenvalue weighted by Gasteiger charge is -2.17. The highest BCUT2D eigenvalue weighted by Gasteiger charge is 2.22. The Labute approximate surface area is 195 Å². The Balaban J connectivity index is 1.60. The van der Waals surface area contributed by atoms with Crippen molar-refractivity contribution in [1.82, 2.24) is 14.6 Å². The number of hydrogen-bond acceptors (Lipinski definition) is 6. The molecule has 34 heavy (non-hydrogen) atoms. The molecule has 0 aliphatic heterocycles. The summed E-state index contributed by atoms with van der Waals surface area (Å²) in [5.74, 6) is 1.55. The number of fused-ring (bicyclic) bond motifs is 1. The number of benzene rings is 2. The lowest BCUT2D eigenvalue weighted by molar-refractivity contribution is 0.201. The first-order valence-electron chi connectivity index (χ1n) is 11.1. The Morgan fingerprint density at radius 1 is 1.09 bits per heavy atom. The van der Waals surface area contributed by atoms with Gasteiger partial charge in [0.15, 0.2) is 34.5 Å². The zero-order valence-electron chi connectivity index (χ0n) is 18.9. The summed E-state index contributed by atoms with van der Waals surface area (Å²) in [6, 6.07) is 12.3. The van der Waals surface area contributed by atoms with Crippen molar-refractivity contribution < 1.29 is 18.6 Å². The van der Waals surface area contributed by atoms with E-state index in [2.05, 4.69) is 16.5 Å². The minimum absolute atomic E-state index is 0.119. The maximum absolute atomic E-state index is 13.9. The van der Waals surface area contributed by atoms with E-state index in [0.717, 1.165) is 31.2 Å². The lowest BCUT2D eigenvalue weighted by Crippen LogP contribution is -2.11. The van der Waals surface area contributed by atoms with Crippen molar-refractivity contribution in [2.45, 2.75) is 31.8 Å². The average Bonchev–Trinajstić information content (AvgIpc) is 3.58. The summed E-state index contributed by atoms with van der Waals surface area (Å²) < 4.78 is 32.5. The van der Waals surface area contributed by atoms with Crippen LogP contribution < -0.4 is 19.5 Å². The third-order valence-electron chi connectivity index (χ3n) is 6.02. The van der Waals surface area contributed by atoms with Gasteiger partial charge in [0.2, 0.25) is 0 Å². The van der Waals surface area contributed by atoms with Gasteiger partial charge in [-0.15, -0.1) is 0 Å². The number of hydrogen-bond donors (Lipinski definition) is 2. The fourth-order valence-electron chi connectivity index (χ4n) is 4.30. The molecule has 8 nitrogen and oxygen atoms in total. The van der Waals surface area contributed by atoms with Gasteiger partial charge in [0.05, 0.1) is 20.3 Å². The number of nitrogens with one attached hydrogen (secondary N) is 2. The van der Waals surface area contributed by atoms with Crippen molar-refractivity contribution in [3.05, 3.63) is 54.0 Å². The van der Waals surface area contributed by atoms with Crippen LogP contribution in [0.4, 0.5) is 15.9 Å². The molecule has 2 heterocycles. The molecule has 4 aromatic rings. The molecule has 0 unspecified atom stereocenters. The molecule has 0 radical (unpaired) electrons. The predicted octanol–water partition coefficient (Wildman–Crippen LogP) is 5.42. The fraction of sp³-hybridized carbons (Fsp3) is 0.280. The Hall–Kier alpha value is -4.19. The van der Waals surface area contributed by atoms with Crippen LogP contribution in [0.2, 0.25) is 0 Å². The van der Waals surface area contributed by atoms with E-state index in [0.29, 0.717) is 39.9 Å². The van der Waals surface area contributed by atoms with Gasteiger partial charge in [0.1, 0.15) is 17.3 Å². The number of aromatic amines is 1. The van der Waals surface area contributed by atoms with Crippen LogP contribution in [-0.2, 0) is 0 Å². The Kier molecular flexibility index (Phi) is 5.72. The number of ether oxygens (including phenoxy) is 3. The highest BCUT2D eigenvalue weighted by molar-refractivity contribution is 5.82. The van der Waals surface area contributed by atoms with Gasteiger partial charge in [-0.25, -0.2) is 13.9 Å². The summed E-state index contributed by atoms with van der Waals surface area (Å²) in [5.41, 5.74) is 2.87. The first-order valence-corrected chi connectivity index (χ1v) is 11.1. The van der Waals surface area contributed by atoms with E-state index < -0.39 is 5.82 Å². The third kappa shape index (κ3) is 3.88. The topological polar surface area (TPSA) is 96.6 Å². The summed E-state index contributed by atoms with van der Waals surface area (Å²) in [5, 5.41) is 15.9. The zero-order valence-corrected chi connectivity index (χ0v) is 18.9. The van der Waals surface area contributed by atoms with Gasteiger partial charge in [-0.05, 0) is 56.0 Å². The van der Waals surface area contributed by atoms with Crippen LogP contribution in [0.3, 0.4) is 0 Å². The molecule has 0 saturated heterocycles. The summed E-state index contributed by atoms with van der Waals surface area (Å²) in [4.78, 5) is 4.74. The van der Waals surface area contributed by atoms with Gasteiger partial charge in [-0.1, -0.05) is 0 Å². The first kappa shape index (κ1) is 21.6. The zero-order chi connectivity index (χ0) is 23.7. The molecule has 5 rings (SSSR count). The van der Waals surface area contributed by atoms with Crippen molar-refractivity contribution in [2.75, 3.05) is 19.5 Å². The lowest BCUT2D eigenvalue weighted by atomic mass is 10.1. The van der Waals surface area contributed by atoms with E-state index in [1.807, 2.05) is 18.2 Å². The first-order chi connectivity index (χ1) is 16.6. The molecule has 174 valence electrons. The second-order valence-corrected chi connectivity index (χ2v) is 8.13. The van der Waals surface area contributed by atoms with Crippen molar-refractivity contribution in [3.8, 4) is 34.6 Å². The molecule has 0 spiro atoms. The molecule has 1 aliphatic rings. The van der Waals surface area contributed by atoms with Gasteiger partial charge < -0.3 is 19.5 Å². The monoisotopic (exact) mass is 461 g/mol. The predicted molar refractivity (Wildman–Crippen MR) is 125 cm³/mol. The summed E-state index contributed by atoms with van der Waals surface area (Å²) in [7, 11) is 3.03. The number of aromatic nitrogens is 3. The standard InChI is InChI=1S/C25H24FN5O3/c1-32-20-10-7-15(11-22(20)34-18-5-3-4-6-18)23-25(31-24(30-23)16(13-27)14-28-31)29-17-8-9-19(26)21(12-17)33-2/h7-12,14,18,28-29H,3-6H2,1-2H3. The quantitative estimate of drug-likeness (QED) is 0.381. The number of imidazole rings is 1. The normalized spacial score (nSPS) is 13.7. The van der Waals surface area contributed by atoms with Gasteiger partial charge in [0, 0.05) is 23.5 Å². The second-order valence-electron chi connectivity index (χ2n) is 8.13. The number of anilines is 2. The van der Waals surface area contributed by atoms with Gasteiger partial charge >= 0.3 is 0 Å². The maximum atomic E-state index is 13.9. The summed E-state index contributed by atoms with van der Waals surface area (Å²) >= 11 is 0. The third-order valence-corrected chi connectivity index (χ3v) is 6.02. The molecular formula is C25H24FN5O3. The van der Waals surface area contributed by atoms with Crippen LogP contribution in [-0.4, -0.2) is 34.9 Å². The Morgan fingerprint density at radius 2 is 1.88 bits per heavy atom. The van der Waals surface area contributed by atoms with E-state index in [-0.39, 0.29) is 11.9 Å². The van der Waals surface area contributed by atoms with Crippen molar-refractivity contribution in [3.63, 3.8) is 0 Å². The van der Waals surface area contributed by atoms with E-state index in [1.165, 1.54) is 13.2 Å². The molecule has 2 aromatic carbocycles. The minimum Gasteiger partial charge on any atom is -0.494 e. The molecule has 1 fully saturated rings. The summed E-state index contributed by atoms with van der Waals surface area (Å²) in [6.07, 6.45) is 6.10. The number of methoxy groups -OCH3 is 2. The number of halogens is 1. The van der Waals surface area contributed by atoms with E-state index in [4.69, 9.17) is 19.2 Å². The highest BCUT2D eigenvalue weighted by atomic mass is 19.1. The second kappa shape index (κ2) is 8.98. The molecule has 2 aromatic heterocycles. The fourth-order valence-corrected chi connectivity index (χ4v) is 4.30. The molecule has 2 N–H and O–H groups in total. The van der Waals surface area contributed by atoms with Crippen LogP contribution in [0.25, 0.3) is 16.9 Å². The summed E-state index contributed by atoms with van der Waals surface area (Å²) in [6.45, 7) is 0. The van der Waals surface area contributed by atoms with Crippen LogP contribution in [0.15, 0.2) is 42.6 Å². The van der Waals surface area contributed by atoms with Crippen molar-refractivity contribution >= 4 is 17.2 Å². The van der Waals surface area contributed by atoms with Crippen molar-refractivity contribution in [1.29, 1.82) is 5.26 Å². The number of rotatable bonds is 7. The molecule has 9 heteroatoms. The van der Waals surface area contributed by atoms with Crippen molar-refractivity contribution in [2.24, 2.45) is 0 Å². The average molecular weight is 461 g/mol. The van der Waals surface area contributed by atoms with E-state index >= 15 is 0 Å². The van der Waals surface area contributed by atoms with Gasteiger partial charge in [0.25, 0.3) is 0 Å². The maximum Gasteiger partial charge on any atom is 0.173 e. The molecule has 0 amide bonds. The smallest absolute Gasteiger partial charge is 0.173 e. The van der Waals surface area contributed by atoms with E-state index in [9.17, 15) is 9.65 Å².